The number of nitrogens with one attached hydrogen (secondary N) is 2. The van der Waals surface area contributed by atoms with Gasteiger partial charge < -0.3 is 10.1 Å². The monoisotopic (exact) mass is 319 g/mol. The number of thiocarbonyl (C=S) groups is 1. The molecule has 0 aliphatic carbocycles. The van der Waals surface area contributed by atoms with Gasteiger partial charge in [-0.25, -0.2) is 0 Å². The van der Waals surface area contributed by atoms with Gasteiger partial charge >= 0.3 is 0 Å². The van der Waals surface area contributed by atoms with Crippen LogP contribution in [0.15, 0.2) is 53.6 Å². The van der Waals surface area contributed by atoms with Gasteiger partial charge in [0.2, 0.25) is 0 Å². The van der Waals surface area contributed by atoms with Crippen molar-refractivity contribution < 1.29 is 4.74 Å². The van der Waals surface area contributed by atoms with Crippen LogP contribution in [-0.4, -0.2) is 18.4 Å². The highest BCUT2D eigenvalue weighted by Crippen LogP contribution is 2.22. The van der Waals surface area contributed by atoms with E-state index in [2.05, 4.69) is 15.8 Å². The number of ether oxygens (including phenoxy) is 1. The Morgan fingerprint density at radius 2 is 1.90 bits per heavy atom. The molecule has 0 aliphatic heterocycles. The van der Waals surface area contributed by atoms with Gasteiger partial charge in [-0.3, -0.25) is 5.43 Å². The van der Waals surface area contributed by atoms with E-state index >= 15 is 0 Å². The molecule has 0 saturated heterocycles. The summed E-state index contributed by atoms with van der Waals surface area (Å²) >= 11 is 11.0. The van der Waals surface area contributed by atoms with E-state index in [1.165, 1.54) is 0 Å². The zero-order chi connectivity index (χ0) is 15.1. The van der Waals surface area contributed by atoms with Crippen molar-refractivity contribution in [3.8, 4) is 5.75 Å². The van der Waals surface area contributed by atoms with Crippen LogP contribution in [0.2, 0.25) is 5.02 Å². The summed E-state index contributed by atoms with van der Waals surface area (Å²) in [6.45, 7) is 0. The second kappa shape index (κ2) is 7.61. The number of para-hydroxylation sites is 2. The first kappa shape index (κ1) is 15.3. The maximum absolute atomic E-state index is 5.81. The highest BCUT2D eigenvalue weighted by Gasteiger charge is 2.02. The molecule has 0 spiro atoms. The smallest absolute Gasteiger partial charge is 0.191 e. The molecule has 0 aromatic heterocycles. The van der Waals surface area contributed by atoms with Crippen molar-refractivity contribution in [2.75, 3.05) is 12.4 Å². The van der Waals surface area contributed by atoms with Crippen molar-refractivity contribution in [2.45, 2.75) is 0 Å². The van der Waals surface area contributed by atoms with Crippen LogP contribution >= 0.6 is 23.8 Å². The Morgan fingerprint density at radius 1 is 1.19 bits per heavy atom. The Balaban J connectivity index is 1.91. The van der Waals surface area contributed by atoms with Crippen molar-refractivity contribution in [3.63, 3.8) is 0 Å². The van der Waals surface area contributed by atoms with Crippen LogP contribution < -0.4 is 15.5 Å². The summed E-state index contributed by atoms with van der Waals surface area (Å²) in [7, 11) is 1.61. The summed E-state index contributed by atoms with van der Waals surface area (Å²) in [5.41, 5.74) is 4.45. The summed E-state index contributed by atoms with van der Waals surface area (Å²) in [5, 5.41) is 8.15. The number of methoxy groups -OCH3 is 1. The average Bonchev–Trinajstić information content (AvgIpc) is 2.50. The Labute approximate surface area is 133 Å². The van der Waals surface area contributed by atoms with Gasteiger partial charge in [0.1, 0.15) is 5.75 Å². The lowest BCUT2D eigenvalue weighted by molar-refractivity contribution is 0.417. The second-order valence-electron chi connectivity index (χ2n) is 4.08. The summed E-state index contributed by atoms with van der Waals surface area (Å²) in [5.74, 6) is 0.711. The molecular weight excluding hydrogens is 306 g/mol. The van der Waals surface area contributed by atoms with Gasteiger partial charge in [-0.15, -0.1) is 0 Å². The molecule has 0 bridgehead atoms. The standard InChI is InChI=1S/C15H14ClN3OS/c1-20-14-5-3-2-4-13(14)18-15(21)19-17-10-11-6-8-12(16)9-7-11/h2-10H,1H3,(H2,18,19,21)/b17-10+. The summed E-state index contributed by atoms with van der Waals surface area (Å²) in [6, 6.07) is 14.8. The van der Waals surface area contributed by atoms with E-state index in [0.29, 0.717) is 15.9 Å². The Morgan fingerprint density at radius 3 is 2.62 bits per heavy atom. The van der Waals surface area contributed by atoms with E-state index in [-0.39, 0.29) is 0 Å². The third kappa shape index (κ3) is 4.73. The van der Waals surface area contributed by atoms with E-state index in [1.807, 2.05) is 36.4 Å². The SMILES string of the molecule is COc1ccccc1NC(=S)N/N=C/c1ccc(Cl)cc1. The first-order valence-electron chi connectivity index (χ1n) is 6.17. The van der Waals surface area contributed by atoms with Crippen molar-refractivity contribution in [1.82, 2.24) is 5.43 Å². The van der Waals surface area contributed by atoms with Crippen molar-refractivity contribution in [3.05, 3.63) is 59.1 Å². The molecule has 0 heterocycles. The lowest BCUT2D eigenvalue weighted by atomic mass is 10.2. The van der Waals surface area contributed by atoms with E-state index in [1.54, 1.807) is 25.5 Å². The number of hydrogen-bond donors (Lipinski definition) is 2. The van der Waals surface area contributed by atoms with E-state index < -0.39 is 0 Å². The molecule has 2 rings (SSSR count). The minimum absolute atomic E-state index is 0.379. The molecule has 0 saturated carbocycles. The number of halogens is 1. The lowest BCUT2D eigenvalue weighted by Gasteiger charge is -2.10. The predicted octanol–water partition coefficient (Wildman–Crippen LogP) is 3.67. The fourth-order valence-corrected chi connectivity index (χ4v) is 1.90. The molecule has 0 unspecified atom stereocenters. The molecule has 4 nitrogen and oxygen atoms in total. The molecule has 0 radical (unpaired) electrons. The molecular formula is C15H14ClN3OS. The van der Waals surface area contributed by atoms with Crippen LogP contribution in [0.4, 0.5) is 5.69 Å². The normalized spacial score (nSPS) is 10.4. The molecule has 108 valence electrons. The van der Waals surface area contributed by atoms with Crippen LogP contribution in [0, 0.1) is 0 Å². The molecule has 21 heavy (non-hydrogen) atoms. The molecule has 0 amide bonds. The van der Waals surface area contributed by atoms with Gasteiger partial charge in [0.25, 0.3) is 0 Å². The largest absolute Gasteiger partial charge is 0.495 e. The number of hydrazone groups is 1. The zero-order valence-corrected chi connectivity index (χ0v) is 12.9. The molecule has 2 aromatic carbocycles. The van der Waals surface area contributed by atoms with Crippen molar-refractivity contribution in [1.29, 1.82) is 0 Å². The van der Waals surface area contributed by atoms with Gasteiger partial charge in [-0.1, -0.05) is 35.9 Å². The number of anilines is 1. The van der Waals surface area contributed by atoms with Crippen molar-refractivity contribution in [2.24, 2.45) is 5.10 Å². The molecule has 2 N–H and O–H groups in total. The quantitative estimate of drug-likeness (QED) is 0.513. The minimum atomic E-state index is 0.379. The predicted molar refractivity (Wildman–Crippen MR) is 91.4 cm³/mol. The van der Waals surface area contributed by atoms with Gasteiger partial charge in [0.05, 0.1) is 19.0 Å². The second-order valence-corrected chi connectivity index (χ2v) is 4.92. The van der Waals surface area contributed by atoms with Gasteiger partial charge in [-0.05, 0) is 42.0 Å². The molecule has 2 aromatic rings. The number of hydrogen-bond acceptors (Lipinski definition) is 3. The van der Waals surface area contributed by atoms with Crippen LogP contribution in [-0.2, 0) is 0 Å². The van der Waals surface area contributed by atoms with E-state index in [9.17, 15) is 0 Å². The van der Waals surface area contributed by atoms with Crippen molar-refractivity contribution >= 4 is 40.8 Å². The fourth-order valence-electron chi connectivity index (χ4n) is 1.61. The van der Waals surface area contributed by atoms with Gasteiger partial charge in [-0.2, -0.15) is 5.10 Å². The first-order chi connectivity index (χ1) is 10.2. The maximum Gasteiger partial charge on any atom is 0.191 e. The van der Waals surface area contributed by atoms with Crippen LogP contribution in [0.25, 0.3) is 0 Å². The number of nitrogens with zero attached hydrogens (tertiary/aromatic N) is 1. The first-order valence-corrected chi connectivity index (χ1v) is 6.96. The number of rotatable bonds is 4. The molecule has 0 atom stereocenters. The van der Waals surface area contributed by atoms with Crippen LogP contribution in [0.1, 0.15) is 5.56 Å². The minimum Gasteiger partial charge on any atom is -0.495 e. The van der Waals surface area contributed by atoms with Crippen LogP contribution in [0.5, 0.6) is 5.75 Å². The third-order valence-corrected chi connectivity index (χ3v) is 3.05. The average molecular weight is 320 g/mol. The zero-order valence-electron chi connectivity index (χ0n) is 11.3. The lowest BCUT2D eigenvalue weighted by Crippen LogP contribution is -2.24. The molecule has 0 fully saturated rings. The molecule has 6 heteroatoms. The van der Waals surface area contributed by atoms with E-state index in [4.69, 9.17) is 28.6 Å². The summed E-state index contributed by atoms with van der Waals surface area (Å²) in [6.07, 6.45) is 1.66. The topological polar surface area (TPSA) is 45.6 Å². The third-order valence-electron chi connectivity index (χ3n) is 2.60. The van der Waals surface area contributed by atoms with Gasteiger partial charge in [0.15, 0.2) is 5.11 Å². The Hall–Kier alpha value is -2.11. The molecule has 0 aliphatic rings. The van der Waals surface area contributed by atoms with E-state index in [0.717, 1.165) is 11.3 Å². The fraction of sp³-hybridized carbons (Fsp3) is 0.0667. The Kier molecular flexibility index (Phi) is 5.54. The summed E-state index contributed by atoms with van der Waals surface area (Å²) in [4.78, 5) is 0. The number of benzene rings is 2. The van der Waals surface area contributed by atoms with Crippen LogP contribution in [0.3, 0.4) is 0 Å². The highest BCUT2D eigenvalue weighted by atomic mass is 35.5. The summed E-state index contributed by atoms with van der Waals surface area (Å²) < 4.78 is 5.23. The Bertz CT molecular complexity index is 644. The van der Waals surface area contributed by atoms with Gasteiger partial charge in [0, 0.05) is 5.02 Å². The maximum atomic E-state index is 5.81. The highest BCUT2D eigenvalue weighted by molar-refractivity contribution is 7.80.